The van der Waals surface area contributed by atoms with Crippen LogP contribution in [0.2, 0.25) is 0 Å². The van der Waals surface area contributed by atoms with Crippen molar-refractivity contribution in [3.8, 4) is 0 Å². The molecule has 1 aliphatic rings. The standard InChI is InChI=1S/C8H9NO7/c10-3-7(13)15-4-8(14)16-9-5(11)1-2-6(9)12/h10H,1-4H2. The quantitative estimate of drug-likeness (QED) is 0.445. The van der Waals surface area contributed by atoms with Crippen LogP contribution < -0.4 is 0 Å². The molecule has 2 amide bonds. The van der Waals surface area contributed by atoms with Crippen LogP contribution in [0, 0.1) is 0 Å². The lowest BCUT2D eigenvalue weighted by atomic mass is 10.4. The molecule has 1 heterocycles. The molecule has 88 valence electrons. The van der Waals surface area contributed by atoms with Crippen molar-refractivity contribution in [1.82, 2.24) is 5.06 Å². The Labute approximate surface area is 89.7 Å². The second-order valence-electron chi connectivity index (χ2n) is 2.86. The largest absolute Gasteiger partial charge is 0.452 e. The molecular formula is C8H9NO7. The summed E-state index contributed by atoms with van der Waals surface area (Å²) in [5.74, 6) is -3.31. The van der Waals surface area contributed by atoms with E-state index in [9.17, 15) is 19.2 Å². The number of nitrogens with zero attached hydrogens (tertiary/aromatic N) is 1. The third kappa shape index (κ3) is 3.02. The molecule has 0 aliphatic carbocycles. The molecule has 0 aromatic carbocycles. The maximum Gasteiger partial charge on any atom is 0.370 e. The van der Waals surface area contributed by atoms with Crippen LogP contribution in [0.15, 0.2) is 0 Å². The highest BCUT2D eigenvalue weighted by Crippen LogP contribution is 2.11. The van der Waals surface area contributed by atoms with Gasteiger partial charge in [0.25, 0.3) is 11.8 Å². The van der Waals surface area contributed by atoms with E-state index >= 15 is 0 Å². The van der Waals surface area contributed by atoms with Gasteiger partial charge in [-0.15, -0.1) is 5.06 Å². The summed E-state index contributed by atoms with van der Waals surface area (Å²) in [7, 11) is 0. The first-order valence-electron chi connectivity index (χ1n) is 4.37. The second kappa shape index (κ2) is 5.21. The zero-order chi connectivity index (χ0) is 12.1. The van der Waals surface area contributed by atoms with Crippen LogP contribution in [0.3, 0.4) is 0 Å². The van der Waals surface area contributed by atoms with E-state index in [1.54, 1.807) is 0 Å². The van der Waals surface area contributed by atoms with Gasteiger partial charge in [-0.05, 0) is 0 Å². The number of ether oxygens (including phenoxy) is 1. The molecule has 1 fully saturated rings. The Morgan fingerprint density at radius 3 is 2.25 bits per heavy atom. The van der Waals surface area contributed by atoms with Crippen LogP contribution in [0.1, 0.15) is 12.8 Å². The molecule has 8 nitrogen and oxygen atoms in total. The molecule has 0 aromatic heterocycles. The third-order valence-corrected chi connectivity index (χ3v) is 1.68. The number of imide groups is 1. The normalized spacial score (nSPS) is 15.2. The van der Waals surface area contributed by atoms with Crippen molar-refractivity contribution >= 4 is 23.8 Å². The van der Waals surface area contributed by atoms with Crippen LogP contribution in [0.4, 0.5) is 0 Å². The summed E-state index contributed by atoms with van der Waals surface area (Å²) in [5.41, 5.74) is 0. The molecule has 0 bridgehead atoms. The maximum absolute atomic E-state index is 11.0. The first-order valence-corrected chi connectivity index (χ1v) is 4.37. The van der Waals surface area contributed by atoms with Crippen molar-refractivity contribution in [1.29, 1.82) is 0 Å². The Morgan fingerprint density at radius 1 is 1.19 bits per heavy atom. The lowest BCUT2D eigenvalue weighted by molar-refractivity contribution is -0.200. The molecule has 1 rings (SSSR count). The molecule has 0 aromatic rings. The fourth-order valence-electron chi connectivity index (χ4n) is 0.971. The maximum atomic E-state index is 11.0. The van der Waals surface area contributed by atoms with E-state index in [4.69, 9.17) is 5.11 Å². The van der Waals surface area contributed by atoms with Crippen LogP contribution >= 0.6 is 0 Å². The molecule has 1 aliphatic heterocycles. The van der Waals surface area contributed by atoms with Gasteiger partial charge in [0, 0.05) is 12.8 Å². The summed E-state index contributed by atoms with van der Waals surface area (Å²) in [6.07, 6.45) is -0.0227. The van der Waals surface area contributed by atoms with E-state index in [-0.39, 0.29) is 12.8 Å². The zero-order valence-electron chi connectivity index (χ0n) is 8.17. The molecule has 0 radical (unpaired) electrons. The SMILES string of the molecule is O=C(CO)OCC(=O)ON1C(=O)CCC1=O. The van der Waals surface area contributed by atoms with Crippen LogP contribution in [-0.4, -0.2) is 47.1 Å². The van der Waals surface area contributed by atoms with Gasteiger partial charge in [0.2, 0.25) is 0 Å². The summed E-state index contributed by atoms with van der Waals surface area (Å²) in [5, 5.41) is 8.61. The van der Waals surface area contributed by atoms with E-state index < -0.39 is 37.0 Å². The van der Waals surface area contributed by atoms with Crippen molar-refractivity contribution < 1.29 is 33.9 Å². The highest BCUT2D eigenvalue weighted by Gasteiger charge is 2.32. The molecule has 8 heteroatoms. The monoisotopic (exact) mass is 231 g/mol. The van der Waals surface area contributed by atoms with E-state index in [0.29, 0.717) is 5.06 Å². The minimum absolute atomic E-state index is 0.0114. The van der Waals surface area contributed by atoms with Crippen LogP contribution in [-0.2, 0) is 28.8 Å². The topological polar surface area (TPSA) is 110 Å². The molecule has 0 unspecified atom stereocenters. The van der Waals surface area contributed by atoms with Gasteiger partial charge >= 0.3 is 11.9 Å². The molecule has 0 saturated carbocycles. The van der Waals surface area contributed by atoms with Crippen molar-refractivity contribution in [3.05, 3.63) is 0 Å². The second-order valence-corrected chi connectivity index (χ2v) is 2.86. The van der Waals surface area contributed by atoms with Crippen molar-refractivity contribution in [2.24, 2.45) is 0 Å². The van der Waals surface area contributed by atoms with Crippen molar-refractivity contribution in [2.45, 2.75) is 12.8 Å². The number of amides is 2. The number of carbonyl (C=O) groups excluding carboxylic acids is 4. The summed E-state index contributed by atoms with van der Waals surface area (Å²) >= 11 is 0. The van der Waals surface area contributed by atoms with Gasteiger partial charge in [-0.1, -0.05) is 0 Å². The number of esters is 1. The third-order valence-electron chi connectivity index (χ3n) is 1.68. The Balaban J connectivity index is 2.36. The fraction of sp³-hybridized carbons (Fsp3) is 0.500. The first kappa shape index (κ1) is 12.1. The molecule has 0 atom stereocenters. The highest BCUT2D eigenvalue weighted by atomic mass is 16.7. The molecule has 1 N–H and O–H groups in total. The van der Waals surface area contributed by atoms with Crippen LogP contribution in [0.25, 0.3) is 0 Å². The van der Waals surface area contributed by atoms with Crippen molar-refractivity contribution in [3.63, 3.8) is 0 Å². The fourth-order valence-corrected chi connectivity index (χ4v) is 0.971. The lowest BCUT2D eigenvalue weighted by Crippen LogP contribution is -2.34. The molecule has 1 saturated heterocycles. The van der Waals surface area contributed by atoms with Crippen molar-refractivity contribution in [2.75, 3.05) is 13.2 Å². The predicted molar refractivity (Wildman–Crippen MR) is 45.2 cm³/mol. The minimum atomic E-state index is -1.06. The Kier molecular flexibility index (Phi) is 3.95. The van der Waals surface area contributed by atoms with Gasteiger partial charge in [-0.2, -0.15) is 0 Å². The van der Waals surface area contributed by atoms with E-state index in [2.05, 4.69) is 9.57 Å². The smallest absolute Gasteiger partial charge is 0.370 e. The number of hydrogen-bond acceptors (Lipinski definition) is 7. The number of aliphatic hydroxyl groups excluding tert-OH is 1. The lowest BCUT2D eigenvalue weighted by Gasteiger charge is -2.12. The van der Waals surface area contributed by atoms with Gasteiger partial charge in [-0.3, -0.25) is 9.59 Å². The molecular weight excluding hydrogens is 222 g/mol. The first-order chi connectivity index (χ1) is 7.54. The molecule has 16 heavy (non-hydrogen) atoms. The Morgan fingerprint density at radius 2 is 1.75 bits per heavy atom. The number of hydroxylamine groups is 2. The Hall–Kier alpha value is -1.96. The van der Waals surface area contributed by atoms with Gasteiger partial charge in [0.1, 0.15) is 6.61 Å². The average molecular weight is 231 g/mol. The van der Waals surface area contributed by atoms with Gasteiger partial charge in [-0.25, -0.2) is 9.59 Å². The summed E-state index contributed by atoms with van der Waals surface area (Å²) < 4.78 is 4.22. The van der Waals surface area contributed by atoms with Crippen LogP contribution in [0.5, 0.6) is 0 Å². The highest BCUT2D eigenvalue weighted by molar-refractivity contribution is 6.01. The summed E-state index contributed by atoms with van der Waals surface area (Å²) in [6, 6.07) is 0. The zero-order valence-corrected chi connectivity index (χ0v) is 8.17. The number of rotatable bonds is 4. The molecule has 0 spiro atoms. The van der Waals surface area contributed by atoms with Gasteiger partial charge in [0.05, 0.1) is 0 Å². The number of hydrogen-bond donors (Lipinski definition) is 1. The summed E-state index contributed by atoms with van der Waals surface area (Å²) in [4.78, 5) is 47.8. The minimum Gasteiger partial charge on any atom is -0.452 e. The van der Waals surface area contributed by atoms with Gasteiger partial charge < -0.3 is 14.7 Å². The van der Waals surface area contributed by atoms with E-state index in [0.717, 1.165) is 0 Å². The summed E-state index contributed by atoms with van der Waals surface area (Å²) in [6.45, 7) is -1.63. The van der Waals surface area contributed by atoms with E-state index in [1.165, 1.54) is 0 Å². The Bertz CT molecular complexity index is 321. The average Bonchev–Trinajstić information content (AvgIpc) is 2.57. The number of aliphatic hydroxyl groups is 1. The predicted octanol–water partition coefficient (Wildman–Crippen LogP) is -1.87. The van der Waals surface area contributed by atoms with E-state index in [1.807, 2.05) is 0 Å². The number of carbonyl (C=O) groups is 4. The van der Waals surface area contributed by atoms with Gasteiger partial charge in [0.15, 0.2) is 6.61 Å².